The van der Waals surface area contributed by atoms with Crippen LogP contribution in [0.25, 0.3) is 0 Å². The van der Waals surface area contributed by atoms with E-state index in [1.165, 1.54) is 0 Å². The molecule has 0 spiro atoms. The van der Waals surface area contributed by atoms with E-state index in [4.69, 9.17) is 14.2 Å². The molecular weight excluding hydrogens is 396 g/mol. The zero-order chi connectivity index (χ0) is 22.4. The number of β-amino-alcohol motifs (C(OH)–C–C–N with tert-alkyl or cyclic N) is 1. The van der Waals surface area contributed by atoms with Gasteiger partial charge in [-0.3, -0.25) is 9.69 Å². The van der Waals surface area contributed by atoms with Crippen LogP contribution in [0.15, 0.2) is 42.5 Å². The fourth-order valence-corrected chi connectivity index (χ4v) is 3.96. The smallest absolute Gasteiger partial charge is 0.227 e. The Labute approximate surface area is 183 Å². The summed E-state index contributed by atoms with van der Waals surface area (Å²) in [4.78, 5) is 15.4. The Morgan fingerprint density at radius 3 is 2.26 bits per heavy atom. The van der Waals surface area contributed by atoms with E-state index in [0.717, 1.165) is 24.1 Å². The van der Waals surface area contributed by atoms with Crippen LogP contribution < -0.4 is 19.5 Å². The molecular formula is C24H32N2O5. The Balaban J connectivity index is 1.81. The highest BCUT2D eigenvalue weighted by Crippen LogP contribution is 2.40. The maximum absolute atomic E-state index is 13.2. The third kappa shape index (κ3) is 5.48. The third-order valence-electron chi connectivity index (χ3n) is 5.79. The molecule has 1 fully saturated rings. The van der Waals surface area contributed by atoms with Crippen LogP contribution in [0.1, 0.15) is 36.4 Å². The number of hydrogen-bond donors (Lipinski definition) is 2. The Bertz CT molecular complexity index is 849. The van der Waals surface area contributed by atoms with Gasteiger partial charge in [-0.2, -0.15) is 0 Å². The second kappa shape index (κ2) is 10.5. The average Bonchev–Trinajstić information content (AvgIpc) is 3.21. The number of hydrogen-bond acceptors (Lipinski definition) is 6. The number of ether oxygens (including phenoxy) is 3. The lowest BCUT2D eigenvalue weighted by Crippen LogP contribution is -2.39. The van der Waals surface area contributed by atoms with Crippen molar-refractivity contribution in [3.05, 3.63) is 53.6 Å². The van der Waals surface area contributed by atoms with E-state index in [-0.39, 0.29) is 18.1 Å². The fourth-order valence-electron chi connectivity index (χ4n) is 3.96. The molecule has 7 nitrogen and oxygen atoms in total. The highest BCUT2D eigenvalue weighted by atomic mass is 16.5. The Kier molecular flexibility index (Phi) is 7.76. The molecule has 2 unspecified atom stereocenters. The lowest BCUT2D eigenvalue weighted by molar-refractivity contribution is -0.123. The van der Waals surface area contributed by atoms with Gasteiger partial charge in [-0.15, -0.1) is 0 Å². The van der Waals surface area contributed by atoms with Gasteiger partial charge in [-0.1, -0.05) is 30.3 Å². The van der Waals surface area contributed by atoms with Gasteiger partial charge in [-0.25, -0.2) is 0 Å². The summed E-state index contributed by atoms with van der Waals surface area (Å²) in [6.45, 7) is 3.96. The topological polar surface area (TPSA) is 80.3 Å². The zero-order valence-corrected chi connectivity index (χ0v) is 18.6. The molecule has 1 amide bonds. The van der Waals surface area contributed by atoms with Crippen molar-refractivity contribution in [2.24, 2.45) is 0 Å². The summed E-state index contributed by atoms with van der Waals surface area (Å²) in [5.74, 6) is 1.01. The van der Waals surface area contributed by atoms with Crippen molar-refractivity contribution in [3.8, 4) is 17.2 Å². The van der Waals surface area contributed by atoms with Crippen LogP contribution in [0, 0.1) is 0 Å². The molecule has 31 heavy (non-hydrogen) atoms. The number of likely N-dealkylation sites (tertiary alicyclic amines) is 1. The molecule has 1 saturated heterocycles. The van der Waals surface area contributed by atoms with Crippen molar-refractivity contribution in [1.82, 2.24) is 10.2 Å². The average molecular weight is 429 g/mol. The standard InChI is InChI=1S/C24H32N2O5/c1-16(18-12-21(29-2)23(31-4)22(13-18)30-3)24(28)25-20(17-8-6-5-7-9-17)15-26-11-10-19(27)14-26/h5-9,12-13,16,19-20,27H,10-11,14-15H2,1-4H3,(H,25,28)/t16?,19?,20-/m1/s1. The fraction of sp³-hybridized carbons (Fsp3) is 0.458. The number of methoxy groups -OCH3 is 3. The van der Waals surface area contributed by atoms with Gasteiger partial charge in [0.2, 0.25) is 11.7 Å². The van der Waals surface area contributed by atoms with Gasteiger partial charge in [0, 0.05) is 19.6 Å². The summed E-state index contributed by atoms with van der Waals surface area (Å²) in [6.07, 6.45) is 0.461. The van der Waals surface area contributed by atoms with E-state index >= 15 is 0 Å². The molecule has 0 radical (unpaired) electrons. The van der Waals surface area contributed by atoms with Crippen molar-refractivity contribution in [2.45, 2.75) is 31.4 Å². The molecule has 0 bridgehead atoms. The maximum atomic E-state index is 13.2. The van der Waals surface area contributed by atoms with Gasteiger partial charge in [0.25, 0.3) is 0 Å². The third-order valence-corrected chi connectivity index (χ3v) is 5.79. The highest BCUT2D eigenvalue weighted by Gasteiger charge is 2.27. The molecule has 1 aliphatic rings. The number of aliphatic hydroxyl groups excluding tert-OH is 1. The minimum atomic E-state index is -0.427. The molecule has 0 aliphatic carbocycles. The number of amides is 1. The Morgan fingerprint density at radius 2 is 1.74 bits per heavy atom. The number of nitrogens with zero attached hydrogens (tertiary/aromatic N) is 1. The van der Waals surface area contributed by atoms with Crippen LogP contribution in [-0.4, -0.2) is 63.0 Å². The number of carbonyl (C=O) groups excluding carboxylic acids is 1. The van der Waals surface area contributed by atoms with Gasteiger partial charge in [0.15, 0.2) is 11.5 Å². The highest BCUT2D eigenvalue weighted by molar-refractivity contribution is 5.84. The number of aliphatic hydroxyl groups is 1. The first kappa shape index (κ1) is 22.9. The van der Waals surface area contributed by atoms with Crippen LogP contribution in [-0.2, 0) is 4.79 Å². The van der Waals surface area contributed by atoms with E-state index in [0.29, 0.717) is 30.3 Å². The number of rotatable bonds is 9. The summed E-state index contributed by atoms with van der Waals surface area (Å²) >= 11 is 0. The van der Waals surface area contributed by atoms with Gasteiger partial charge >= 0.3 is 0 Å². The molecule has 3 rings (SSSR count). The van der Waals surface area contributed by atoms with Crippen molar-refractivity contribution < 1.29 is 24.1 Å². The summed E-state index contributed by atoms with van der Waals surface area (Å²) in [7, 11) is 4.67. The van der Waals surface area contributed by atoms with Gasteiger partial charge in [0.05, 0.1) is 39.4 Å². The van der Waals surface area contributed by atoms with Crippen LogP contribution in [0.4, 0.5) is 0 Å². The predicted octanol–water partition coefficient (Wildman–Crippen LogP) is 2.74. The monoisotopic (exact) mass is 428 g/mol. The van der Waals surface area contributed by atoms with Crippen molar-refractivity contribution in [1.29, 1.82) is 0 Å². The molecule has 1 aliphatic heterocycles. The molecule has 3 atom stereocenters. The van der Waals surface area contributed by atoms with E-state index < -0.39 is 5.92 Å². The van der Waals surface area contributed by atoms with Gasteiger partial charge in [-0.05, 0) is 36.6 Å². The molecule has 7 heteroatoms. The van der Waals surface area contributed by atoms with Gasteiger partial charge in [0.1, 0.15) is 0 Å². The van der Waals surface area contributed by atoms with Crippen molar-refractivity contribution in [2.75, 3.05) is 41.0 Å². The van der Waals surface area contributed by atoms with Crippen LogP contribution in [0.5, 0.6) is 17.2 Å². The molecule has 1 heterocycles. The first-order chi connectivity index (χ1) is 15.0. The Morgan fingerprint density at radius 1 is 1.10 bits per heavy atom. The molecule has 168 valence electrons. The first-order valence-electron chi connectivity index (χ1n) is 10.5. The first-order valence-corrected chi connectivity index (χ1v) is 10.5. The molecule has 0 saturated carbocycles. The Hall–Kier alpha value is -2.77. The van der Waals surface area contributed by atoms with Crippen LogP contribution in [0.3, 0.4) is 0 Å². The normalized spacial score (nSPS) is 18.3. The summed E-state index contributed by atoms with van der Waals surface area (Å²) in [6, 6.07) is 13.4. The van der Waals surface area contributed by atoms with Crippen LogP contribution in [0.2, 0.25) is 0 Å². The van der Waals surface area contributed by atoms with E-state index in [1.54, 1.807) is 33.5 Å². The predicted molar refractivity (Wildman–Crippen MR) is 119 cm³/mol. The summed E-state index contributed by atoms with van der Waals surface area (Å²) in [5.41, 5.74) is 1.81. The number of nitrogens with one attached hydrogen (secondary N) is 1. The second-order valence-electron chi connectivity index (χ2n) is 7.85. The molecule has 2 aromatic carbocycles. The largest absolute Gasteiger partial charge is 0.493 e. The van der Waals surface area contributed by atoms with Crippen molar-refractivity contribution >= 4 is 5.91 Å². The van der Waals surface area contributed by atoms with Crippen LogP contribution >= 0.6 is 0 Å². The van der Waals surface area contributed by atoms with Gasteiger partial charge < -0.3 is 24.6 Å². The van der Waals surface area contributed by atoms with E-state index in [1.807, 2.05) is 37.3 Å². The SMILES string of the molecule is COc1cc(C(C)C(=O)N[C@H](CN2CCC(O)C2)c2ccccc2)cc(OC)c1OC. The second-order valence-corrected chi connectivity index (χ2v) is 7.85. The summed E-state index contributed by atoms with van der Waals surface area (Å²) < 4.78 is 16.2. The lowest BCUT2D eigenvalue weighted by Gasteiger charge is -2.26. The minimum Gasteiger partial charge on any atom is -0.493 e. The minimum absolute atomic E-state index is 0.0946. The number of benzene rings is 2. The molecule has 2 N–H and O–H groups in total. The van der Waals surface area contributed by atoms with E-state index in [9.17, 15) is 9.90 Å². The van der Waals surface area contributed by atoms with E-state index in [2.05, 4.69) is 10.2 Å². The number of carbonyl (C=O) groups is 1. The molecule has 2 aromatic rings. The van der Waals surface area contributed by atoms with Crippen molar-refractivity contribution in [3.63, 3.8) is 0 Å². The quantitative estimate of drug-likeness (QED) is 0.639. The zero-order valence-electron chi connectivity index (χ0n) is 18.6. The lowest BCUT2D eigenvalue weighted by atomic mass is 9.97. The maximum Gasteiger partial charge on any atom is 0.227 e. The summed E-state index contributed by atoms with van der Waals surface area (Å²) in [5, 5.41) is 13.1. The molecule has 0 aromatic heterocycles.